The number of allylic oxidation sites excluding steroid dienone is 5. The van der Waals surface area contributed by atoms with Gasteiger partial charge in [0.15, 0.2) is 48.8 Å². The van der Waals surface area contributed by atoms with E-state index in [0.717, 1.165) is 5.57 Å². The predicted molar refractivity (Wildman–Crippen MR) is 459 cm³/mol. The molecule has 0 aliphatic carbocycles. The van der Waals surface area contributed by atoms with Crippen molar-refractivity contribution >= 4 is 91.6 Å². The van der Waals surface area contributed by atoms with E-state index in [0.29, 0.717) is 94.7 Å². The van der Waals surface area contributed by atoms with Gasteiger partial charge < -0.3 is 74.5 Å². The molecule has 28 nitrogen and oxygen atoms in total. The molecular formula is C96H110O28. The minimum absolute atomic E-state index is 0.107. The van der Waals surface area contributed by atoms with Crippen LogP contribution >= 0.6 is 0 Å². The van der Waals surface area contributed by atoms with Crippen LogP contribution in [0.25, 0.3) is 43.9 Å². The number of hydrogen-bond donors (Lipinski definition) is 0. The molecule has 28 heteroatoms. The minimum atomic E-state index is -1.17. The number of carbonyl (C=O) groups excluding carboxylic acids is 8. The van der Waals surface area contributed by atoms with Crippen LogP contribution in [-0.2, 0) is 76.3 Å². The summed E-state index contributed by atoms with van der Waals surface area (Å²) in [6.07, 6.45) is 1.59. The Kier molecular flexibility index (Phi) is 30.2. The summed E-state index contributed by atoms with van der Waals surface area (Å²) >= 11 is 0. The van der Waals surface area contributed by atoms with Crippen molar-refractivity contribution in [2.45, 2.75) is 257 Å². The molecule has 0 amide bonds. The van der Waals surface area contributed by atoms with Crippen LogP contribution in [0.5, 0.6) is 23.0 Å². The molecule has 662 valence electrons. The molecule has 0 saturated carbocycles. The van der Waals surface area contributed by atoms with E-state index in [1.165, 1.54) is 30.3 Å². The first-order valence-corrected chi connectivity index (χ1v) is 41.0. The number of esters is 8. The Morgan fingerprint density at radius 3 is 0.815 bits per heavy atom. The third-order valence-corrected chi connectivity index (χ3v) is 20.7. The number of benzene rings is 4. The second kappa shape index (κ2) is 39.3. The molecule has 8 atom stereocenters. The van der Waals surface area contributed by atoms with Gasteiger partial charge in [0.1, 0.15) is 67.7 Å². The van der Waals surface area contributed by atoms with Gasteiger partial charge in [-0.15, -0.1) is 0 Å². The lowest BCUT2D eigenvalue weighted by atomic mass is 9.93. The number of carbonyl (C=O) groups is 8. The Bertz CT molecular complexity index is 5840. The number of hydrogen-bond acceptors (Lipinski definition) is 28. The zero-order valence-electron chi connectivity index (χ0n) is 74.5. The van der Waals surface area contributed by atoms with Gasteiger partial charge in [0.2, 0.25) is 0 Å². The Balaban J connectivity index is 0.000000187. The van der Waals surface area contributed by atoms with Crippen LogP contribution in [0.15, 0.2) is 192 Å². The van der Waals surface area contributed by atoms with Crippen molar-refractivity contribution in [3.8, 4) is 23.0 Å². The largest absolute Gasteiger partial charge is 0.481 e. The van der Waals surface area contributed by atoms with E-state index in [-0.39, 0.29) is 65.7 Å². The first-order chi connectivity index (χ1) is 58.1. The summed E-state index contributed by atoms with van der Waals surface area (Å²) in [5.74, 6) is -1.77. The lowest BCUT2D eigenvalue weighted by Crippen LogP contribution is -2.46. The Morgan fingerprint density at radius 1 is 0.323 bits per heavy atom. The SMILES string of the molecule is C/C=C(/C)C(=O)O[C@@H]1c2c(ccc3ccc(=O)oc23)O[C@@H]1C(C)(C)OC(=O)/C(C)=C\C.C/C=C(/C)C(=O)O[C@@H]1c2c(ccc3ccc(=O)oc23)O[C@@H]1C(C)(C)OC(=O)C=C(C)C.C/C=C(/C)C(=O)O[C@@H]1c2c(ccc3ccc(=O)oc23)O[C@@H]1C(C)(C)OC(=O)CC(C)C.CC(C)CC(=O)O[C@@H]1c2c(ccc3ccc(=O)oc23)O[C@@H]1C(C)(C)OC(=O)CC(C)C. The van der Waals surface area contributed by atoms with Crippen molar-refractivity contribution in [3.05, 3.63) is 219 Å². The molecule has 124 heavy (non-hydrogen) atoms. The summed E-state index contributed by atoms with van der Waals surface area (Å²) in [7, 11) is 0. The van der Waals surface area contributed by atoms with Crippen LogP contribution in [0.4, 0.5) is 0 Å². The zero-order valence-corrected chi connectivity index (χ0v) is 74.5. The van der Waals surface area contributed by atoms with Gasteiger partial charge in [-0.05, 0) is 215 Å². The maximum absolute atomic E-state index is 12.6. The highest BCUT2D eigenvalue weighted by Gasteiger charge is 2.55. The third-order valence-electron chi connectivity index (χ3n) is 20.7. The monoisotopic (exact) mass is 1710 g/mol. The van der Waals surface area contributed by atoms with E-state index in [1.807, 2.05) is 41.5 Å². The summed E-state index contributed by atoms with van der Waals surface area (Å²) in [6.45, 7) is 42.2. The summed E-state index contributed by atoms with van der Waals surface area (Å²) in [5.41, 5.74) is -1.27. The van der Waals surface area contributed by atoms with Gasteiger partial charge in [-0.25, -0.2) is 43.2 Å². The summed E-state index contributed by atoms with van der Waals surface area (Å²) in [6, 6.07) is 25.8. The molecule has 0 saturated heterocycles. The average Bonchev–Trinajstić information content (AvgIpc) is 1.61. The molecule has 4 aliphatic heterocycles. The maximum atomic E-state index is 12.6. The first-order valence-electron chi connectivity index (χ1n) is 41.0. The highest BCUT2D eigenvalue weighted by molar-refractivity contribution is 5.93. The molecule has 4 aromatic heterocycles. The topological polar surface area (TPSA) is 368 Å². The second-order valence-electron chi connectivity index (χ2n) is 34.2. The van der Waals surface area contributed by atoms with Crippen LogP contribution in [0.2, 0.25) is 0 Å². The van der Waals surface area contributed by atoms with Crippen molar-refractivity contribution in [3.63, 3.8) is 0 Å². The van der Waals surface area contributed by atoms with Crippen LogP contribution in [0.1, 0.15) is 232 Å². The molecule has 8 heterocycles. The molecular weight excluding hydrogens is 1600 g/mol. The van der Waals surface area contributed by atoms with Crippen molar-refractivity contribution in [2.24, 2.45) is 17.8 Å². The van der Waals surface area contributed by atoms with Gasteiger partial charge in [-0.1, -0.05) is 71.4 Å². The lowest BCUT2D eigenvalue weighted by Gasteiger charge is -2.34. The fraction of sp³-hybridized carbons (Fsp3) is 0.438. The fourth-order valence-electron chi connectivity index (χ4n) is 14.0. The molecule has 0 unspecified atom stereocenters. The van der Waals surface area contributed by atoms with Crippen LogP contribution in [0, 0.1) is 17.8 Å². The van der Waals surface area contributed by atoms with E-state index < -0.39 is 130 Å². The second-order valence-corrected chi connectivity index (χ2v) is 34.2. The van der Waals surface area contributed by atoms with Crippen LogP contribution in [0.3, 0.4) is 0 Å². The first kappa shape index (κ1) is 95.2. The molecule has 4 aliphatic rings. The molecule has 8 aromatic rings. The van der Waals surface area contributed by atoms with E-state index in [2.05, 4.69) is 0 Å². The molecule has 0 radical (unpaired) electrons. The van der Waals surface area contributed by atoms with Gasteiger partial charge >= 0.3 is 70.3 Å². The smallest absolute Gasteiger partial charge is 0.336 e. The van der Waals surface area contributed by atoms with Crippen LogP contribution < -0.4 is 41.4 Å². The average molecular weight is 1710 g/mol. The highest BCUT2D eigenvalue weighted by atomic mass is 16.6. The molecule has 0 bridgehead atoms. The third kappa shape index (κ3) is 22.4. The predicted octanol–water partition coefficient (Wildman–Crippen LogP) is 17.8. The molecule has 4 aromatic carbocycles. The number of ether oxygens (including phenoxy) is 12. The molecule has 0 fully saturated rings. The van der Waals surface area contributed by atoms with Crippen molar-refractivity contribution in [1.82, 2.24) is 0 Å². The Labute approximate surface area is 717 Å². The quantitative estimate of drug-likeness (QED) is 0.0248. The summed E-state index contributed by atoms with van der Waals surface area (Å²) in [5, 5.41) is 2.67. The van der Waals surface area contributed by atoms with Gasteiger partial charge in [0.05, 0.1) is 22.3 Å². The summed E-state index contributed by atoms with van der Waals surface area (Å²) < 4.78 is 92.3. The normalized spacial score (nSPS) is 18.5. The standard InChI is InChI=1S/C24H30O7.C24H28O7.2C24H26O7/c1-13(2)11-18(26)30-22-20-16(9-7-15-8-10-17(25)29-21(15)20)28-23(22)24(5,6)31-19(27)12-14(3)4;2*1-7-14(4)23(27)30-21-19-16(10-8-15-9-11-17(25)29-20(15)19)28-22(21)24(5,6)31-18(26)12-13(2)3;1-7-13(3)22(26)30-20-18-16(11-9-15-10-12-17(25)29-19(15)18)28-21(20)24(5,6)31-23(27)14(4)8-2/h7-10,13-14,22-23H,11-12H2,1-6H3;7-11,13,21-22H,12H2,1-6H3;7-12,21-22H,1-6H3;7-12,20-21H,1-6H3/b;2*14-7-;13-7-,14-8-/t22-,23+;2*21-,22+;20-,21+/m1111/s1. The van der Waals surface area contributed by atoms with E-state index in [1.54, 1.807) is 222 Å². The van der Waals surface area contributed by atoms with Crippen molar-refractivity contribution in [2.75, 3.05) is 0 Å². The van der Waals surface area contributed by atoms with E-state index in [4.69, 9.17) is 74.5 Å². The zero-order chi connectivity index (χ0) is 91.7. The van der Waals surface area contributed by atoms with Crippen LogP contribution in [-0.4, -0.2) is 94.6 Å². The van der Waals surface area contributed by atoms with Gasteiger partial charge in [0.25, 0.3) is 0 Å². The van der Waals surface area contributed by atoms with Gasteiger partial charge in [-0.2, -0.15) is 0 Å². The molecule has 12 rings (SSSR count). The van der Waals surface area contributed by atoms with Gasteiger partial charge in [0, 0.05) is 93.4 Å². The molecule has 0 spiro atoms. The number of fused-ring (bicyclic) bond motifs is 12. The fourth-order valence-corrected chi connectivity index (χ4v) is 14.0. The van der Waals surface area contributed by atoms with Crippen molar-refractivity contribution < 1.29 is 113 Å². The molecule has 0 N–H and O–H groups in total. The minimum Gasteiger partial charge on any atom is -0.481 e. The summed E-state index contributed by atoms with van der Waals surface area (Å²) in [4.78, 5) is 148. The lowest BCUT2D eigenvalue weighted by molar-refractivity contribution is -0.179. The Hall–Kier alpha value is -12.6. The maximum Gasteiger partial charge on any atom is 0.336 e. The Morgan fingerprint density at radius 2 is 0.556 bits per heavy atom. The van der Waals surface area contributed by atoms with Gasteiger partial charge in [-0.3, -0.25) is 14.4 Å². The number of rotatable bonds is 23. The highest BCUT2D eigenvalue weighted by Crippen LogP contribution is 2.52. The van der Waals surface area contributed by atoms with E-state index in [9.17, 15) is 57.5 Å². The van der Waals surface area contributed by atoms with Crippen molar-refractivity contribution in [1.29, 1.82) is 0 Å². The van der Waals surface area contributed by atoms with E-state index >= 15 is 0 Å².